The van der Waals surface area contributed by atoms with Gasteiger partial charge in [0.05, 0.1) is 0 Å². The maximum atomic E-state index is 3.69. The van der Waals surface area contributed by atoms with Crippen LogP contribution in [-0.4, -0.2) is 12.1 Å². The molecule has 0 bridgehead atoms. The molecule has 0 amide bonds. The third-order valence-electron chi connectivity index (χ3n) is 2.44. The van der Waals surface area contributed by atoms with Crippen LogP contribution in [0.4, 0.5) is 0 Å². The van der Waals surface area contributed by atoms with E-state index in [-0.39, 0.29) is 0 Å². The molecule has 1 heteroatoms. The molecule has 0 aromatic heterocycles. The van der Waals surface area contributed by atoms with Crippen LogP contribution in [0.25, 0.3) is 0 Å². The van der Waals surface area contributed by atoms with Crippen LogP contribution in [0.5, 0.6) is 0 Å². The minimum atomic E-state index is 0.725. The molecule has 1 fully saturated rings. The zero-order valence-electron chi connectivity index (χ0n) is 8.22. The van der Waals surface area contributed by atoms with Crippen LogP contribution < -0.4 is 5.32 Å². The van der Waals surface area contributed by atoms with Gasteiger partial charge in [0.25, 0.3) is 0 Å². The third kappa shape index (κ3) is 2.82. The first-order chi connectivity index (χ1) is 5.11. The van der Waals surface area contributed by atoms with E-state index in [4.69, 9.17) is 0 Å². The van der Waals surface area contributed by atoms with Gasteiger partial charge in [-0.3, -0.25) is 0 Å². The fraction of sp³-hybridized carbons (Fsp3) is 1.00. The fourth-order valence-corrected chi connectivity index (χ4v) is 1.68. The molecule has 0 spiro atoms. The lowest BCUT2D eigenvalue weighted by atomic mass is 9.93. The summed E-state index contributed by atoms with van der Waals surface area (Å²) < 4.78 is 0. The summed E-state index contributed by atoms with van der Waals surface area (Å²) in [7, 11) is 0. The standard InChI is InChI=1S/C10H21N/c1-7(2)10(8(3)4)11-9-5-6-9/h7-11H,5-6H2,1-4H3. The van der Waals surface area contributed by atoms with Crippen molar-refractivity contribution in [1.29, 1.82) is 0 Å². The average Bonchev–Trinajstić information content (AvgIpc) is 2.63. The number of hydrogen-bond donors (Lipinski definition) is 1. The summed E-state index contributed by atoms with van der Waals surface area (Å²) in [4.78, 5) is 0. The van der Waals surface area contributed by atoms with E-state index in [0.29, 0.717) is 0 Å². The number of nitrogens with one attached hydrogen (secondary N) is 1. The van der Waals surface area contributed by atoms with Gasteiger partial charge in [-0.15, -0.1) is 0 Å². The molecule has 0 unspecified atom stereocenters. The van der Waals surface area contributed by atoms with Gasteiger partial charge in [-0.05, 0) is 24.7 Å². The zero-order valence-corrected chi connectivity index (χ0v) is 8.22. The number of rotatable bonds is 4. The fourth-order valence-electron chi connectivity index (χ4n) is 1.68. The van der Waals surface area contributed by atoms with Crippen molar-refractivity contribution in [3.05, 3.63) is 0 Å². The monoisotopic (exact) mass is 155 g/mol. The summed E-state index contributed by atoms with van der Waals surface area (Å²) in [5, 5.41) is 3.69. The van der Waals surface area contributed by atoms with Crippen LogP contribution in [-0.2, 0) is 0 Å². The van der Waals surface area contributed by atoms with Crippen LogP contribution in [0.3, 0.4) is 0 Å². The second-order valence-corrected chi connectivity index (χ2v) is 4.45. The molecule has 1 rings (SSSR count). The summed E-state index contributed by atoms with van der Waals surface area (Å²) in [5.74, 6) is 1.55. The van der Waals surface area contributed by atoms with E-state index in [1.54, 1.807) is 0 Å². The maximum absolute atomic E-state index is 3.69. The Morgan fingerprint density at radius 3 is 1.73 bits per heavy atom. The summed E-state index contributed by atoms with van der Waals surface area (Å²) >= 11 is 0. The topological polar surface area (TPSA) is 12.0 Å². The van der Waals surface area contributed by atoms with Crippen LogP contribution in [0.1, 0.15) is 40.5 Å². The maximum Gasteiger partial charge on any atom is 0.0116 e. The summed E-state index contributed by atoms with van der Waals surface area (Å²) in [6, 6.07) is 1.58. The van der Waals surface area contributed by atoms with Crippen LogP contribution >= 0.6 is 0 Å². The van der Waals surface area contributed by atoms with Gasteiger partial charge < -0.3 is 5.32 Å². The van der Waals surface area contributed by atoms with Crippen LogP contribution in [0, 0.1) is 11.8 Å². The molecule has 11 heavy (non-hydrogen) atoms. The van der Waals surface area contributed by atoms with Gasteiger partial charge in [-0.25, -0.2) is 0 Å². The zero-order chi connectivity index (χ0) is 8.43. The van der Waals surface area contributed by atoms with Gasteiger partial charge in [0.1, 0.15) is 0 Å². The molecule has 1 N–H and O–H groups in total. The Balaban J connectivity index is 2.31. The first-order valence-electron chi connectivity index (χ1n) is 4.87. The molecule has 1 saturated carbocycles. The first kappa shape index (κ1) is 9.05. The molecule has 0 saturated heterocycles. The molecule has 0 aromatic rings. The largest absolute Gasteiger partial charge is 0.311 e. The Morgan fingerprint density at radius 2 is 1.45 bits per heavy atom. The highest BCUT2D eigenvalue weighted by atomic mass is 15.0. The van der Waals surface area contributed by atoms with Crippen molar-refractivity contribution in [2.24, 2.45) is 11.8 Å². The van der Waals surface area contributed by atoms with Gasteiger partial charge >= 0.3 is 0 Å². The molecule has 0 radical (unpaired) electrons. The van der Waals surface area contributed by atoms with Gasteiger partial charge in [0, 0.05) is 12.1 Å². The summed E-state index contributed by atoms with van der Waals surface area (Å²) in [6.45, 7) is 9.22. The summed E-state index contributed by atoms with van der Waals surface area (Å²) in [5.41, 5.74) is 0. The lowest BCUT2D eigenvalue weighted by Gasteiger charge is -2.26. The molecule has 1 nitrogen and oxygen atoms in total. The highest BCUT2D eigenvalue weighted by Gasteiger charge is 2.27. The first-order valence-corrected chi connectivity index (χ1v) is 4.87. The van der Waals surface area contributed by atoms with Crippen molar-refractivity contribution in [2.75, 3.05) is 0 Å². The van der Waals surface area contributed by atoms with Gasteiger partial charge in [0.2, 0.25) is 0 Å². The molecule has 0 aliphatic heterocycles. The Labute approximate surface area is 70.6 Å². The van der Waals surface area contributed by atoms with Gasteiger partial charge in [-0.2, -0.15) is 0 Å². The molecule has 0 heterocycles. The van der Waals surface area contributed by atoms with Gasteiger partial charge in [-0.1, -0.05) is 27.7 Å². The van der Waals surface area contributed by atoms with E-state index in [1.807, 2.05) is 0 Å². The Kier molecular flexibility index (Phi) is 2.94. The Hall–Kier alpha value is -0.0400. The van der Waals surface area contributed by atoms with Crippen molar-refractivity contribution in [2.45, 2.75) is 52.6 Å². The molecule has 1 aliphatic carbocycles. The van der Waals surface area contributed by atoms with Crippen molar-refractivity contribution in [3.8, 4) is 0 Å². The number of hydrogen-bond acceptors (Lipinski definition) is 1. The normalized spacial score (nSPS) is 18.8. The van der Waals surface area contributed by atoms with E-state index in [0.717, 1.165) is 23.9 Å². The van der Waals surface area contributed by atoms with Crippen molar-refractivity contribution >= 4 is 0 Å². The SMILES string of the molecule is CC(C)C(NC1CC1)C(C)C. The van der Waals surface area contributed by atoms with Crippen molar-refractivity contribution < 1.29 is 0 Å². The lowest BCUT2D eigenvalue weighted by molar-refractivity contribution is 0.312. The van der Waals surface area contributed by atoms with Crippen molar-refractivity contribution in [1.82, 2.24) is 5.32 Å². The van der Waals surface area contributed by atoms with Crippen LogP contribution in [0.15, 0.2) is 0 Å². The third-order valence-corrected chi connectivity index (χ3v) is 2.44. The predicted molar refractivity (Wildman–Crippen MR) is 49.6 cm³/mol. The van der Waals surface area contributed by atoms with E-state index in [2.05, 4.69) is 33.0 Å². The smallest absolute Gasteiger partial charge is 0.0116 e. The van der Waals surface area contributed by atoms with E-state index in [1.165, 1.54) is 12.8 Å². The van der Waals surface area contributed by atoms with E-state index < -0.39 is 0 Å². The Morgan fingerprint density at radius 1 is 1.00 bits per heavy atom. The van der Waals surface area contributed by atoms with Gasteiger partial charge in [0.15, 0.2) is 0 Å². The minimum absolute atomic E-state index is 0.725. The van der Waals surface area contributed by atoms with E-state index >= 15 is 0 Å². The highest BCUT2D eigenvalue weighted by molar-refractivity contribution is 4.87. The average molecular weight is 155 g/mol. The molecular formula is C10H21N. The molecular weight excluding hydrogens is 134 g/mol. The molecule has 0 atom stereocenters. The highest BCUT2D eigenvalue weighted by Crippen LogP contribution is 2.23. The van der Waals surface area contributed by atoms with Crippen molar-refractivity contribution in [3.63, 3.8) is 0 Å². The minimum Gasteiger partial charge on any atom is -0.311 e. The Bertz CT molecular complexity index is 106. The second-order valence-electron chi connectivity index (χ2n) is 4.45. The molecule has 0 aromatic carbocycles. The molecule has 1 aliphatic rings. The quantitative estimate of drug-likeness (QED) is 0.657. The van der Waals surface area contributed by atoms with E-state index in [9.17, 15) is 0 Å². The second kappa shape index (κ2) is 3.57. The molecule has 66 valence electrons. The lowest BCUT2D eigenvalue weighted by Crippen LogP contribution is -2.39. The summed E-state index contributed by atoms with van der Waals surface area (Å²) in [6.07, 6.45) is 2.80. The predicted octanol–water partition coefficient (Wildman–Crippen LogP) is 2.42. The van der Waals surface area contributed by atoms with Crippen LogP contribution in [0.2, 0.25) is 0 Å².